The highest BCUT2D eigenvalue weighted by atomic mass is 19.4. The van der Waals surface area contributed by atoms with Gasteiger partial charge in [0.2, 0.25) is 0 Å². The third-order valence-corrected chi connectivity index (χ3v) is 10.3. The number of rotatable bonds is 3. The first-order valence-electron chi connectivity index (χ1n) is 17.5. The maximum atomic E-state index is 14.4. The minimum atomic E-state index is -5.11. The Morgan fingerprint density at radius 2 is 0.710 bits per heavy atom. The first-order chi connectivity index (χ1) is 28.8. The van der Waals surface area contributed by atoms with Gasteiger partial charge in [-0.05, 0) is 109 Å². The van der Waals surface area contributed by atoms with Gasteiger partial charge in [-0.2, -0.15) is 76.4 Å². The van der Waals surface area contributed by atoms with Crippen LogP contribution in [-0.4, -0.2) is 9.13 Å². The van der Waals surface area contributed by atoms with Crippen molar-refractivity contribution >= 4 is 43.6 Å². The van der Waals surface area contributed by atoms with Crippen LogP contribution in [0.1, 0.15) is 38.9 Å². The molecule has 0 N–H and O–H groups in total. The molecule has 0 saturated carbocycles. The largest absolute Gasteiger partial charge is 0.416 e. The Morgan fingerprint density at radius 3 is 1.03 bits per heavy atom. The summed E-state index contributed by atoms with van der Waals surface area (Å²) in [6.07, 6.45) is -25.1. The van der Waals surface area contributed by atoms with E-state index >= 15 is 0 Å². The summed E-state index contributed by atoms with van der Waals surface area (Å²) < 4.78 is 213. The summed E-state index contributed by atoms with van der Waals surface area (Å²) >= 11 is 0. The Bertz CT molecular complexity index is 3110. The molecule has 314 valence electrons. The zero-order valence-corrected chi connectivity index (χ0v) is 30.3. The Morgan fingerprint density at radius 1 is 0.355 bits per heavy atom. The summed E-state index contributed by atoms with van der Waals surface area (Å²) in [5.74, 6) is 0. The molecule has 0 aliphatic rings. The van der Waals surface area contributed by atoms with Crippen molar-refractivity contribution in [2.45, 2.75) is 30.9 Å². The molecule has 2 heterocycles. The number of fused-ring (bicyclic) bond motifs is 6. The molecule has 8 aromatic rings. The third kappa shape index (κ3) is 6.96. The molecule has 0 atom stereocenters. The second-order valence-corrected chi connectivity index (χ2v) is 14.0. The number of benzene rings is 6. The molecule has 4 nitrogen and oxygen atoms in total. The zero-order chi connectivity index (χ0) is 45.1. The molecule has 0 amide bonds. The molecule has 0 aliphatic carbocycles. The molecule has 6 aromatic carbocycles. The monoisotopic (exact) mass is 874 g/mol. The highest BCUT2D eigenvalue weighted by molar-refractivity contribution is 6.12. The molecule has 2 aromatic heterocycles. The fourth-order valence-corrected chi connectivity index (χ4v) is 7.55. The van der Waals surface area contributed by atoms with Crippen molar-refractivity contribution in [1.29, 1.82) is 10.5 Å². The maximum absolute atomic E-state index is 14.4. The van der Waals surface area contributed by atoms with E-state index in [1.54, 1.807) is 6.07 Å². The smallest absolute Gasteiger partial charge is 0.309 e. The minimum absolute atomic E-state index is 0.208. The van der Waals surface area contributed by atoms with E-state index < -0.39 is 86.2 Å². The summed E-state index contributed by atoms with van der Waals surface area (Å²) in [5, 5.41) is 18.9. The van der Waals surface area contributed by atoms with E-state index in [0.29, 0.717) is 60.7 Å². The average molecular weight is 875 g/mol. The number of nitrogens with zero attached hydrogens (tertiary/aromatic N) is 4. The average Bonchev–Trinajstić information content (AvgIpc) is 3.69. The normalized spacial score (nSPS) is 13.0. The van der Waals surface area contributed by atoms with Crippen molar-refractivity contribution in [3.8, 4) is 34.6 Å². The fraction of sp³-hybridized carbons (Fsp3) is 0.116. The lowest BCUT2D eigenvalue weighted by Gasteiger charge is -2.20. The fourth-order valence-electron chi connectivity index (χ4n) is 7.55. The lowest BCUT2D eigenvalue weighted by Crippen LogP contribution is -2.08. The van der Waals surface area contributed by atoms with Crippen LogP contribution in [0.25, 0.3) is 66.1 Å². The van der Waals surface area contributed by atoms with Crippen LogP contribution >= 0.6 is 0 Å². The van der Waals surface area contributed by atoms with Crippen LogP contribution in [0.4, 0.5) is 65.9 Å². The van der Waals surface area contributed by atoms with Crippen LogP contribution in [0.5, 0.6) is 0 Å². The highest BCUT2D eigenvalue weighted by Crippen LogP contribution is 2.46. The summed E-state index contributed by atoms with van der Waals surface area (Å²) in [5.41, 5.74) is -9.82. The third-order valence-electron chi connectivity index (χ3n) is 10.3. The van der Waals surface area contributed by atoms with E-state index in [1.807, 2.05) is 6.07 Å². The highest BCUT2D eigenvalue weighted by Gasteiger charge is 2.37. The number of aromatic nitrogens is 2. The van der Waals surface area contributed by atoms with Gasteiger partial charge in [0.1, 0.15) is 6.07 Å². The van der Waals surface area contributed by atoms with Crippen molar-refractivity contribution in [3.63, 3.8) is 0 Å². The second kappa shape index (κ2) is 13.7. The SMILES string of the molecule is N#Cc1cc(-c2cc(-n3c4ccc(C(F)(F)F)cc4c4cc(C(F)(F)F)ccc43)c(C#N)cc2-n2c3ccc(C(F)(F)F)cc3c3cc(C(F)(F)F)ccc32)cc(C(F)(F)F)c1. The molecule has 0 radical (unpaired) electrons. The summed E-state index contributed by atoms with van der Waals surface area (Å²) in [6, 6.07) is 15.8. The molecule has 0 unspecified atom stereocenters. The van der Waals surface area contributed by atoms with Crippen LogP contribution in [-0.2, 0) is 30.9 Å². The molecule has 0 fully saturated rings. The standard InChI is InChI=1S/C43H17F15N4/c44-39(45,46)23-1-5-33-29(13-23)30-14-24(40(47,48)49)2-6-34(30)61(33)37-17-28(21-9-20(18-59)10-27(11-21)43(56,57)58)38(12-22(37)19-60)62-35-7-3-25(41(50,51)52)15-31(35)32-16-26(42(53,54)55)4-8-36(32)62/h1-17H. The zero-order valence-electron chi connectivity index (χ0n) is 30.3. The van der Waals surface area contributed by atoms with E-state index in [-0.39, 0.29) is 49.8 Å². The van der Waals surface area contributed by atoms with Crippen molar-refractivity contribution in [1.82, 2.24) is 9.13 Å². The predicted molar refractivity (Wildman–Crippen MR) is 195 cm³/mol. The van der Waals surface area contributed by atoms with Crippen LogP contribution in [0.3, 0.4) is 0 Å². The molecule has 0 aliphatic heterocycles. The van der Waals surface area contributed by atoms with Gasteiger partial charge < -0.3 is 9.13 Å². The van der Waals surface area contributed by atoms with Gasteiger partial charge in [0, 0.05) is 27.1 Å². The number of alkyl halides is 15. The Balaban J connectivity index is 1.55. The maximum Gasteiger partial charge on any atom is 0.416 e. The number of halogens is 15. The van der Waals surface area contributed by atoms with Crippen molar-refractivity contribution < 1.29 is 65.9 Å². The second-order valence-electron chi connectivity index (χ2n) is 14.0. The van der Waals surface area contributed by atoms with E-state index in [2.05, 4.69) is 0 Å². The van der Waals surface area contributed by atoms with Gasteiger partial charge in [-0.1, -0.05) is 0 Å². The first kappa shape index (κ1) is 41.6. The van der Waals surface area contributed by atoms with Gasteiger partial charge in [-0.25, -0.2) is 0 Å². The lowest BCUT2D eigenvalue weighted by atomic mass is 9.95. The van der Waals surface area contributed by atoms with E-state index in [0.717, 1.165) is 51.6 Å². The molecule has 62 heavy (non-hydrogen) atoms. The van der Waals surface area contributed by atoms with Gasteiger partial charge >= 0.3 is 30.9 Å². The molecular weight excluding hydrogens is 857 g/mol. The molecule has 8 rings (SSSR count). The summed E-state index contributed by atoms with van der Waals surface area (Å²) in [7, 11) is 0. The van der Waals surface area contributed by atoms with Crippen LogP contribution in [0, 0.1) is 22.7 Å². The Hall–Kier alpha value is -7.15. The minimum Gasteiger partial charge on any atom is -0.309 e. The molecular formula is C43H17F15N4. The Labute approximate surface area is 336 Å². The molecule has 0 bridgehead atoms. The number of hydrogen-bond acceptors (Lipinski definition) is 2. The first-order valence-corrected chi connectivity index (χ1v) is 17.5. The van der Waals surface area contributed by atoms with E-state index in [4.69, 9.17) is 0 Å². The number of hydrogen-bond donors (Lipinski definition) is 0. The van der Waals surface area contributed by atoms with Gasteiger partial charge in [0.25, 0.3) is 0 Å². The van der Waals surface area contributed by atoms with Gasteiger partial charge in [0.05, 0.1) is 78.5 Å². The van der Waals surface area contributed by atoms with Crippen LogP contribution < -0.4 is 0 Å². The summed E-state index contributed by atoms with van der Waals surface area (Å²) in [6.45, 7) is 0. The predicted octanol–water partition coefficient (Wildman–Crippen LogP) is 14.4. The van der Waals surface area contributed by atoms with Crippen LogP contribution in [0.15, 0.2) is 103 Å². The Kier molecular flexibility index (Phi) is 9.18. The van der Waals surface area contributed by atoms with E-state index in [9.17, 15) is 76.4 Å². The van der Waals surface area contributed by atoms with E-state index in [1.165, 1.54) is 0 Å². The van der Waals surface area contributed by atoms with Crippen molar-refractivity contribution in [2.75, 3.05) is 0 Å². The van der Waals surface area contributed by atoms with Crippen molar-refractivity contribution in [2.24, 2.45) is 0 Å². The quantitative estimate of drug-likeness (QED) is 0.166. The number of nitriles is 2. The van der Waals surface area contributed by atoms with Gasteiger partial charge in [0.15, 0.2) is 0 Å². The summed E-state index contributed by atoms with van der Waals surface area (Å²) in [4.78, 5) is 0. The molecule has 0 spiro atoms. The van der Waals surface area contributed by atoms with Crippen molar-refractivity contribution in [3.05, 3.63) is 142 Å². The lowest BCUT2D eigenvalue weighted by molar-refractivity contribution is -0.138. The van der Waals surface area contributed by atoms with Gasteiger partial charge in [-0.15, -0.1) is 0 Å². The molecule has 0 saturated heterocycles. The van der Waals surface area contributed by atoms with Crippen LogP contribution in [0.2, 0.25) is 0 Å². The topological polar surface area (TPSA) is 57.4 Å². The molecule has 19 heteroatoms. The van der Waals surface area contributed by atoms with Gasteiger partial charge in [-0.3, -0.25) is 0 Å².